The molecule has 0 bridgehead atoms. The molecule has 3 nitrogen and oxygen atoms in total. The summed E-state index contributed by atoms with van der Waals surface area (Å²) in [7, 11) is 0. The zero-order valence-electron chi connectivity index (χ0n) is 9.78. The Morgan fingerprint density at radius 3 is 2.75 bits per heavy atom. The van der Waals surface area contributed by atoms with E-state index in [-0.39, 0.29) is 6.61 Å². The highest BCUT2D eigenvalue weighted by molar-refractivity contribution is 5.21. The molecule has 0 unspecified atom stereocenters. The van der Waals surface area contributed by atoms with Crippen LogP contribution in [0.15, 0.2) is 0 Å². The molecule has 3 rings (SSSR count). The number of aliphatic hydroxyl groups excluding tert-OH is 1. The van der Waals surface area contributed by atoms with Crippen LogP contribution >= 0.6 is 0 Å². The van der Waals surface area contributed by atoms with Crippen molar-refractivity contribution in [2.45, 2.75) is 64.0 Å². The number of rotatable bonds is 2. The molecule has 0 atom stereocenters. The Hall–Kier alpha value is -0.830. The van der Waals surface area contributed by atoms with Gasteiger partial charge in [0.25, 0.3) is 0 Å². The highest BCUT2D eigenvalue weighted by atomic mass is 16.3. The molecule has 16 heavy (non-hydrogen) atoms. The van der Waals surface area contributed by atoms with Crippen LogP contribution in [0.4, 0.5) is 0 Å². The number of fused-ring (bicyclic) bond motifs is 1. The van der Waals surface area contributed by atoms with Gasteiger partial charge >= 0.3 is 0 Å². The van der Waals surface area contributed by atoms with Crippen molar-refractivity contribution in [3.8, 4) is 0 Å². The number of aromatic nitrogens is 2. The van der Waals surface area contributed by atoms with E-state index in [2.05, 4.69) is 4.57 Å². The largest absolute Gasteiger partial charge is 0.390 e. The second kappa shape index (κ2) is 4.21. The van der Waals surface area contributed by atoms with Crippen molar-refractivity contribution in [1.82, 2.24) is 9.55 Å². The van der Waals surface area contributed by atoms with Crippen molar-refractivity contribution in [3.05, 3.63) is 17.2 Å². The topological polar surface area (TPSA) is 38.1 Å². The molecule has 0 aromatic carbocycles. The predicted octanol–water partition coefficient (Wildman–Crippen LogP) is 2.37. The van der Waals surface area contributed by atoms with E-state index in [0.29, 0.717) is 5.92 Å². The highest BCUT2D eigenvalue weighted by Crippen LogP contribution is 2.35. The third kappa shape index (κ3) is 1.58. The first-order chi connectivity index (χ1) is 7.90. The summed E-state index contributed by atoms with van der Waals surface area (Å²) in [4.78, 5) is 4.71. The fourth-order valence-corrected chi connectivity index (χ4v) is 3.27. The molecule has 1 aliphatic heterocycles. The monoisotopic (exact) mass is 220 g/mol. The average molecular weight is 220 g/mol. The van der Waals surface area contributed by atoms with Crippen LogP contribution in [0.25, 0.3) is 0 Å². The number of hydrogen-bond acceptors (Lipinski definition) is 2. The van der Waals surface area contributed by atoms with Gasteiger partial charge in [0.1, 0.15) is 5.82 Å². The fraction of sp³-hybridized carbons (Fsp3) is 0.769. The van der Waals surface area contributed by atoms with Crippen LogP contribution < -0.4 is 0 Å². The SMILES string of the molecule is OCc1nc(C2CCCC2)n2c1CCCC2. The maximum atomic E-state index is 9.37. The van der Waals surface area contributed by atoms with E-state index in [9.17, 15) is 5.11 Å². The second-order valence-electron chi connectivity index (χ2n) is 5.11. The minimum Gasteiger partial charge on any atom is -0.390 e. The first-order valence-corrected chi connectivity index (χ1v) is 6.59. The van der Waals surface area contributed by atoms with E-state index in [0.717, 1.165) is 18.7 Å². The summed E-state index contributed by atoms with van der Waals surface area (Å²) in [5.74, 6) is 1.94. The molecular formula is C13H20N2O. The summed E-state index contributed by atoms with van der Waals surface area (Å²) >= 11 is 0. The quantitative estimate of drug-likeness (QED) is 0.831. The van der Waals surface area contributed by atoms with Crippen LogP contribution in [0.5, 0.6) is 0 Å². The van der Waals surface area contributed by atoms with E-state index < -0.39 is 0 Å². The molecule has 1 aromatic rings. The molecule has 1 saturated carbocycles. The molecule has 1 aromatic heterocycles. The minimum atomic E-state index is 0.113. The zero-order valence-corrected chi connectivity index (χ0v) is 9.78. The Morgan fingerprint density at radius 2 is 2.00 bits per heavy atom. The minimum absolute atomic E-state index is 0.113. The van der Waals surface area contributed by atoms with Crippen molar-refractivity contribution in [2.24, 2.45) is 0 Å². The molecule has 88 valence electrons. The van der Waals surface area contributed by atoms with Gasteiger partial charge in [-0.2, -0.15) is 0 Å². The maximum Gasteiger partial charge on any atom is 0.112 e. The average Bonchev–Trinajstić information content (AvgIpc) is 2.95. The van der Waals surface area contributed by atoms with Crippen LogP contribution in [0, 0.1) is 0 Å². The van der Waals surface area contributed by atoms with E-state index in [4.69, 9.17) is 4.98 Å². The van der Waals surface area contributed by atoms with Gasteiger partial charge in [0.15, 0.2) is 0 Å². The lowest BCUT2D eigenvalue weighted by atomic mass is 10.1. The third-order valence-electron chi connectivity index (χ3n) is 4.10. The molecule has 1 N–H and O–H groups in total. The van der Waals surface area contributed by atoms with Gasteiger partial charge in [-0.25, -0.2) is 4.98 Å². The highest BCUT2D eigenvalue weighted by Gasteiger charge is 2.26. The summed E-state index contributed by atoms with van der Waals surface area (Å²) in [5.41, 5.74) is 2.26. The van der Waals surface area contributed by atoms with E-state index in [1.54, 1.807) is 0 Å². The molecule has 0 spiro atoms. The molecule has 1 fully saturated rings. The van der Waals surface area contributed by atoms with Crippen molar-refractivity contribution >= 4 is 0 Å². The van der Waals surface area contributed by atoms with Gasteiger partial charge in [0.05, 0.1) is 12.3 Å². The standard InChI is InChI=1S/C13H20N2O/c16-9-11-12-7-3-4-8-15(12)13(14-11)10-5-1-2-6-10/h10,16H,1-9H2. The number of aliphatic hydroxyl groups is 1. The van der Waals surface area contributed by atoms with Gasteiger partial charge in [0, 0.05) is 18.2 Å². The molecular weight excluding hydrogens is 200 g/mol. The van der Waals surface area contributed by atoms with Crippen LogP contribution in [-0.2, 0) is 19.6 Å². The molecule has 2 heterocycles. The predicted molar refractivity (Wildman–Crippen MR) is 62.3 cm³/mol. The fourth-order valence-electron chi connectivity index (χ4n) is 3.27. The van der Waals surface area contributed by atoms with Gasteiger partial charge in [-0.15, -0.1) is 0 Å². The summed E-state index contributed by atoms with van der Waals surface area (Å²) in [5, 5.41) is 9.37. The van der Waals surface area contributed by atoms with Gasteiger partial charge in [0.2, 0.25) is 0 Å². The number of hydrogen-bond donors (Lipinski definition) is 1. The maximum absolute atomic E-state index is 9.37. The number of nitrogens with zero attached hydrogens (tertiary/aromatic N) is 2. The zero-order chi connectivity index (χ0) is 11.0. The molecule has 1 aliphatic carbocycles. The Kier molecular flexibility index (Phi) is 2.72. The Morgan fingerprint density at radius 1 is 1.19 bits per heavy atom. The van der Waals surface area contributed by atoms with Gasteiger partial charge in [-0.05, 0) is 32.1 Å². The first kappa shape index (κ1) is 10.3. The van der Waals surface area contributed by atoms with E-state index in [1.807, 2.05) is 0 Å². The third-order valence-corrected chi connectivity index (χ3v) is 4.10. The molecule has 0 amide bonds. The van der Waals surface area contributed by atoms with Crippen molar-refractivity contribution in [2.75, 3.05) is 0 Å². The summed E-state index contributed by atoms with van der Waals surface area (Å²) in [6.45, 7) is 1.23. The van der Waals surface area contributed by atoms with Gasteiger partial charge < -0.3 is 9.67 Å². The summed E-state index contributed by atoms with van der Waals surface area (Å²) in [6.07, 6.45) is 8.91. The Balaban J connectivity index is 2.00. The van der Waals surface area contributed by atoms with Crippen molar-refractivity contribution in [3.63, 3.8) is 0 Å². The van der Waals surface area contributed by atoms with Crippen molar-refractivity contribution < 1.29 is 5.11 Å². The van der Waals surface area contributed by atoms with Crippen molar-refractivity contribution in [1.29, 1.82) is 0 Å². The lowest BCUT2D eigenvalue weighted by Gasteiger charge is -2.19. The molecule has 3 heteroatoms. The Bertz CT molecular complexity index is 378. The Labute approximate surface area is 96.5 Å². The summed E-state index contributed by atoms with van der Waals surface area (Å²) < 4.78 is 2.41. The molecule has 0 radical (unpaired) electrons. The lowest BCUT2D eigenvalue weighted by Crippen LogP contribution is -2.14. The molecule has 0 saturated heterocycles. The second-order valence-corrected chi connectivity index (χ2v) is 5.11. The lowest BCUT2D eigenvalue weighted by molar-refractivity contribution is 0.275. The van der Waals surface area contributed by atoms with E-state index >= 15 is 0 Å². The van der Waals surface area contributed by atoms with Gasteiger partial charge in [-0.1, -0.05) is 12.8 Å². The smallest absolute Gasteiger partial charge is 0.112 e. The van der Waals surface area contributed by atoms with Crippen LogP contribution in [0.3, 0.4) is 0 Å². The van der Waals surface area contributed by atoms with Crippen LogP contribution in [0.2, 0.25) is 0 Å². The normalized spacial score (nSPS) is 21.3. The van der Waals surface area contributed by atoms with Crippen LogP contribution in [0.1, 0.15) is 61.7 Å². The number of imidazole rings is 1. The summed E-state index contributed by atoms with van der Waals surface area (Å²) in [6, 6.07) is 0. The first-order valence-electron chi connectivity index (χ1n) is 6.59. The van der Waals surface area contributed by atoms with E-state index in [1.165, 1.54) is 50.0 Å². The van der Waals surface area contributed by atoms with Gasteiger partial charge in [-0.3, -0.25) is 0 Å². The van der Waals surface area contributed by atoms with Crippen LogP contribution in [-0.4, -0.2) is 14.7 Å². The molecule has 2 aliphatic rings.